The summed E-state index contributed by atoms with van der Waals surface area (Å²) in [4.78, 5) is 2.06. The fourth-order valence-electron chi connectivity index (χ4n) is 3.10. The molecule has 2 aromatic rings. The third-order valence-corrected chi connectivity index (χ3v) is 5.12. The molecule has 0 aromatic heterocycles. The lowest BCUT2D eigenvalue weighted by atomic mass is 9.94. The average molecular weight is 388 g/mol. The Morgan fingerprint density at radius 3 is 2.10 bits per heavy atom. The van der Waals surface area contributed by atoms with Gasteiger partial charge in [-0.25, -0.2) is 0 Å². The minimum Gasteiger partial charge on any atom is -0.378 e. The second kappa shape index (κ2) is 9.41. The van der Waals surface area contributed by atoms with E-state index in [0.717, 1.165) is 41.2 Å². The number of aryl methyl sites for hydroxylation is 1. The number of allylic oxidation sites excluding steroid dienone is 1. The Kier molecular flexibility index (Phi) is 6.70. The Labute approximate surface area is 173 Å². The van der Waals surface area contributed by atoms with Crippen molar-refractivity contribution in [1.29, 1.82) is 0 Å². The fourth-order valence-corrected chi connectivity index (χ4v) is 3.10. The number of hydrogen-bond donors (Lipinski definition) is 0. The predicted molar refractivity (Wildman–Crippen MR) is 120 cm³/mol. The summed E-state index contributed by atoms with van der Waals surface area (Å²) in [5.74, 6) is 0. The van der Waals surface area contributed by atoms with Gasteiger partial charge in [-0.1, -0.05) is 19.1 Å². The molecule has 0 saturated carbocycles. The summed E-state index contributed by atoms with van der Waals surface area (Å²) in [5.41, 5.74) is 7.43. The topological polar surface area (TPSA) is 52.7 Å². The lowest BCUT2D eigenvalue weighted by Gasteiger charge is -2.18. The van der Waals surface area contributed by atoms with Crippen LogP contribution in [0.5, 0.6) is 0 Å². The highest BCUT2D eigenvalue weighted by atomic mass is 15.1. The predicted octanol–water partition coefficient (Wildman–Crippen LogP) is 7.18. The average Bonchev–Trinajstić information content (AvgIpc) is 2.73. The molecule has 0 radical (unpaired) electrons. The molecule has 1 atom stereocenters. The Hall–Kier alpha value is -3.08. The minimum absolute atomic E-state index is 0.0548. The van der Waals surface area contributed by atoms with E-state index in [-0.39, 0.29) is 6.04 Å². The summed E-state index contributed by atoms with van der Waals surface area (Å²) in [7, 11) is 4.04. The number of anilines is 1. The zero-order valence-electron chi connectivity index (χ0n) is 17.9. The standard InChI is InChI=1S/C24H29N5/c1-6-19-7-9-20(10-8-19)25-27-23-15-18(3)24(16-17(23)2)28-26-21-11-13-22(14-12-21)29(4)5/h7-14,16,23H,6,15H2,1-5H3/b27-25+,28-26+. The molecular formula is C24H29N5. The SMILES string of the molecule is CCc1ccc(/N=N/C2CC(C)=C(/N=N/c3ccc(N(C)C)cc3)C=C2C)cc1. The van der Waals surface area contributed by atoms with E-state index in [4.69, 9.17) is 0 Å². The van der Waals surface area contributed by atoms with Crippen LogP contribution >= 0.6 is 0 Å². The monoisotopic (exact) mass is 387 g/mol. The highest BCUT2D eigenvalue weighted by molar-refractivity contribution is 5.51. The van der Waals surface area contributed by atoms with Crippen molar-refractivity contribution in [2.75, 3.05) is 19.0 Å². The summed E-state index contributed by atoms with van der Waals surface area (Å²) in [6.07, 6.45) is 3.91. The van der Waals surface area contributed by atoms with Crippen LogP contribution in [0.25, 0.3) is 0 Å². The van der Waals surface area contributed by atoms with Crippen LogP contribution in [0.4, 0.5) is 17.1 Å². The molecule has 1 aliphatic rings. The zero-order chi connectivity index (χ0) is 20.8. The number of rotatable bonds is 6. The maximum atomic E-state index is 4.56. The van der Waals surface area contributed by atoms with Crippen LogP contribution in [0.3, 0.4) is 0 Å². The van der Waals surface area contributed by atoms with E-state index in [1.165, 1.54) is 11.1 Å². The summed E-state index contributed by atoms with van der Waals surface area (Å²) in [6, 6.07) is 16.4. The van der Waals surface area contributed by atoms with Gasteiger partial charge in [0.05, 0.1) is 23.1 Å². The molecule has 5 heteroatoms. The number of nitrogens with zero attached hydrogens (tertiary/aromatic N) is 5. The Bertz CT molecular complexity index is 948. The molecule has 150 valence electrons. The van der Waals surface area contributed by atoms with Crippen LogP contribution in [-0.2, 0) is 6.42 Å². The molecule has 0 spiro atoms. The Balaban J connectivity index is 1.67. The highest BCUT2D eigenvalue weighted by Gasteiger charge is 2.18. The van der Waals surface area contributed by atoms with Gasteiger partial charge in [-0.2, -0.15) is 20.5 Å². The molecule has 0 saturated heterocycles. The third-order valence-electron chi connectivity index (χ3n) is 5.12. The quantitative estimate of drug-likeness (QED) is 0.484. The van der Waals surface area contributed by atoms with Crippen LogP contribution in [0.2, 0.25) is 0 Å². The molecule has 3 rings (SSSR count). The van der Waals surface area contributed by atoms with Gasteiger partial charge in [0.15, 0.2) is 0 Å². The van der Waals surface area contributed by atoms with Gasteiger partial charge in [0.25, 0.3) is 0 Å². The first-order valence-corrected chi connectivity index (χ1v) is 10.0. The van der Waals surface area contributed by atoms with E-state index in [2.05, 4.69) is 64.3 Å². The molecule has 1 unspecified atom stereocenters. The maximum absolute atomic E-state index is 4.56. The van der Waals surface area contributed by atoms with Gasteiger partial charge in [-0.3, -0.25) is 0 Å². The van der Waals surface area contributed by atoms with Crippen LogP contribution in [-0.4, -0.2) is 20.1 Å². The van der Waals surface area contributed by atoms with Crippen molar-refractivity contribution in [1.82, 2.24) is 0 Å². The lowest BCUT2D eigenvalue weighted by Crippen LogP contribution is -2.11. The smallest absolute Gasteiger partial charge is 0.0961 e. The molecule has 2 aromatic carbocycles. The van der Waals surface area contributed by atoms with E-state index in [1.54, 1.807) is 0 Å². The van der Waals surface area contributed by atoms with Crippen molar-refractivity contribution >= 4 is 17.1 Å². The maximum Gasteiger partial charge on any atom is 0.0961 e. The van der Waals surface area contributed by atoms with Gasteiger partial charge < -0.3 is 4.90 Å². The zero-order valence-corrected chi connectivity index (χ0v) is 17.9. The Morgan fingerprint density at radius 2 is 1.48 bits per heavy atom. The summed E-state index contributed by atoms with van der Waals surface area (Å²) >= 11 is 0. The Morgan fingerprint density at radius 1 is 0.862 bits per heavy atom. The van der Waals surface area contributed by atoms with Crippen LogP contribution in [0.1, 0.15) is 32.8 Å². The van der Waals surface area contributed by atoms with Crippen molar-refractivity contribution in [2.45, 2.75) is 39.7 Å². The third kappa shape index (κ3) is 5.47. The molecule has 0 bridgehead atoms. The first-order chi connectivity index (χ1) is 14.0. The molecule has 0 amide bonds. The van der Waals surface area contributed by atoms with Gasteiger partial charge in [0.1, 0.15) is 0 Å². The summed E-state index contributed by atoms with van der Waals surface area (Å²) in [6.45, 7) is 6.32. The van der Waals surface area contributed by atoms with E-state index in [1.807, 2.05) is 50.5 Å². The van der Waals surface area contributed by atoms with Crippen LogP contribution in [0, 0.1) is 0 Å². The van der Waals surface area contributed by atoms with Crippen molar-refractivity contribution in [3.8, 4) is 0 Å². The van der Waals surface area contributed by atoms with Gasteiger partial charge in [-0.15, -0.1) is 0 Å². The van der Waals surface area contributed by atoms with Crippen LogP contribution < -0.4 is 4.90 Å². The number of azo groups is 2. The second-order valence-electron chi connectivity index (χ2n) is 7.62. The number of benzene rings is 2. The largest absolute Gasteiger partial charge is 0.378 e. The fraction of sp³-hybridized carbons (Fsp3) is 0.333. The first kappa shape index (κ1) is 20.6. The van der Waals surface area contributed by atoms with Crippen molar-refractivity contribution in [3.63, 3.8) is 0 Å². The van der Waals surface area contributed by atoms with Crippen molar-refractivity contribution < 1.29 is 0 Å². The van der Waals surface area contributed by atoms with Gasteiger partial charge >= 0.3 is 0 Å². The lowest BCUT2D eigenvalue weighted by molar-refractivity contribution is 0.699. The summed E-state index contributed by atoms with van der Waals surface area (Å²) < 4.78 is 0. The molecule has 0 aliphatic heterocycles. The van der Waals surface area contributed by atoms with Gasteiger partial charge in [0.2, 0.25) is 0 Å². The molecular weight excluding hydrogens is 358 g/mol. The minimum atomic E-state index is 0.0548. The van der Waals surface area contributed by atoms with Crippen molar-refractivity contribution in [2.24, 2.45) is 20.5 Å². The van der Waals surface area contributed by atoms with E-state index >= 15 is 0 Å². The normalized spacial score (nSPS) is 17.3. The van der Waals surface area contributed by atoms with Crippen LogP contribution in [0.15, 0.2) is 91.9 Å². The summed E-state index contributed by atoms with van der Waals surface area (Å²) in [5, 5.41) is 17.9. The molecule has 0 fully saturated rings. The molecule has 1 aliphatic carbocycles. The highest BCUT2D eigenvalue weighted by Crippen LogP contribution is 2.29. The van der Waals surface area contributed by atoms with E-state index in [9.17, 15) is 0 Å². The van der Waals surface area contributed by atoms with E-state index < -0.39 is 0 Å². The number of hydrogen-bond acceptors (Lipinski definition) is 5. The van der Waals surface area contributed by atoms with Gasteiger partial charge in [-0.05, 0) is 85.9 Å². The first-order valence-electron chi connectivity index (χ1n) is 10.0. The molecule has 5 nitrogen and oxygen atoms in total. The molecule has 0 N–H and O–H groups in total. The van der Waals surface area contributed by atoms with Gasteiger partial charge in [0, 0.05) is 19.8 Å². The van der Waals surface area contributed by atoms with Crippen molar-refractivity contribution in [3.05, 3.63) is 77.0 Å². The second-order valence-corrected chi connectivity index (χ2v) is 7.62. The molecule has 29 heavy (non-hydrogen) atoms. The van der Waals surface area contributed by atoms with E-state index in [0.29, 0.717) is 0 Å². The molecule has 0 heterocycles.